The Labute approximate surface area is 134 Å². The molecule has 0 spiro atoms. The van der Waals surface area contributed by atoms with Gasteiger partial charge < -0.3 is 5.32 Å². The molecule has 126 valence electrons. The molecule has 0 amide bonds. The van der Waals surface area contributed by atoms with Crippen LogP contribution in [0, 0.1) is 10.1 Å². The van der Waals surface area contributed by atoms with E-state index in [9.17, 15) is 23.3 Å². The fraction of sp³-hybridized carbons (Fsp3) is 0.214. The van der Waals surface area contributed by atoms with E-state index in [-0.39, 0.29) is 12.2 Å². The lowest BCUT2D eigenvalue weighted by Gasteiger charge is -2.19. The Bertz CT molecular complexity index is 737. The van der Waals surface area contributed by atoms with Crippen LogP contribution in [-0.2, 0) is 6.18 Å². The Morgan fingerprint density at radius 2 is 2.00 bits per heavy atom. The third kappa shape index (κ3) is 4.03. The average molecular weight is 339 g/mol. The SMILES string of the molecule is C=CCC(Nc1ncc([N+](=O)[O-])cc1C(F)(F)F)c1ncccn1. The number of aromatic nitrogens is 3. The molecular formula is C14H12F3N5O2. The van der Waals surface area contributed by atoms with Crippen molar-refractivity contribution in [1.29, 1.82) is 0 Å². The van der Waals surface area contributed by atoms with Crippen molar-refractivity contribution in [2.75, 3.05) is 5.32 Å². The summed E-state index contributed by atoms with van der Waals surface area (Å²) < 4.78 is 39.5. The molecule has 0 saturated heterocycles. The number of halogens is 3. The fourth-order valence-electron chi connectivity index (χ4n) is 1.94. The van der Waals surface area contributed by atoms with Gasteiger partial charge in [0.1, 0.15) is 17.6 Å². The third-order valence-corrected chi connectivity index (χ3v) is 3.00. The summed E-state index contributed by atoms with van der Waals surface area (Å²) in [5, 5.41) is 13.3. The Morgan fingerprint density at radius 3 is 2.54 bits per heavy atom. The molecule has 1 atom stereocenters. The van der Waals surface area contributed by atoms with E-state index < -0.39 is 34.2 Å². The van der Waals surface area contributed by atoms with E-state index in [1.807, 2.05) is 0 Å². The molecule has 0 saturated carbocycles. The molecule has 0 radical (unpaired) electrons. The van der Waals surface area contributed by atoms with Gasteiger partial charge in [0, 0.05) is 18.5 Å². The number of anilines is 1. The summed E-state index contributed by atoms with van der Waals surface area (Å²) in [4.78, 5) is 21.3. The van der Waals surface area contributed by atoms with Gasteiger partial charge in [0.25, 0.3) is 5.69 Å². The van der Waals surface area contributed by atoms with E-state index in [0.717, 1.165) is 6.20 Å². The number of hydrogen-bond acceptors (Lipinski definition) is 6. The van der Waals surface area contributed by atoms with E-state index in [0.29, 0.717) is 6.07 Å². The molecule has 24 heavy (non-hydrogen) atoms. The lowest BCUT2D eigenvalue weighted by Crippen LogP contribution is -2.18. The van der Waals surface area contributed by atoms with E-state index in [2.05, 4.69) is 26.8 Å². The van der Waals surface area contributed by atoms with Crippen molar-refractivity contribution in [3.05, 3.63) is 64.9 Å². The van der Waals surface area contributed by atoms with Crippen LogP contribution < -0.4 is 5.32 Å². The predicted molar refractivity (Wildman–Crippen MR) is 79.1 cm³/mol. The van der Waals surface area contributed by atoms with Crippen LogP contribution in [0.2, 0.25) is 0 Å². The number of alkyl halides is 3. The van der Waals surface area contributed by atoms with Crippen LogP contribution in [0.5, 0.6) is 0 Å². The zero-order valence-electron chi connectivity index (χ0n) is 12.2. The normalized spacial score (nSPS) is 12.5. The highest BCUT2D eigenvalue weighted by atomic mass is 19.4. The number of nitrogens with one attached hydrogen (secondary N) is 1. The molecule has 7 nitrogen and oxygen atoms in total. The molecule has 2 rings (SSSR count). The van der Waals surface area contributed by atoms with Crippen LogP contribution in [0.15, 0.2) is 43.4 Å². The smallest absolute Gasteiger partial charge is 0.359 e. The lowest BCUT2D eigenvalue weighted by atomic mass is 10.1. The number of pyridine rings is 1. The van der Waals surface area contributed by atoms with Gasteiger partial charge in [0.15, 0.2) is 5.82 Å². The van der Waals surface area contributed by atoms with Crippen molar-refractivity contribution in [2.24, 2.45) is 0 Å². The minimum absolute atomic E-state index is 0.236. The van der Waals surface area contributed by atoms with Gasteiger partial charge in [-0.05, 0) is 12.5 Å². The average Bonchev–Trinajstić information content (AvgIpc) is 2.54. The molecule has 2 aromatic rings. The molecular weight excluding hydrogens is 327 g/mol. The predicted octanol–water partition coefficient (Wildman–Crippen LogP) is 3.53. The van der Waals surface area contributed by atoms with E-state index >= 15 is 0 Å². The van der Waals surface area contributed by atoms with Gasteiger partial charge in [-0.1, -0.05) is 6.08 Å². The highest BCUT2D eigenvalue weighted by Crippen LogP contribution is 2.37. The lowest BCUT2D eigenvalue weighted by molar-refractivity contribution is -0.385. The van der Waals surface area contributed by atoms with Crippen LogP contribution in [0.4, 0.5) is 24.7 Å². The molecule has 0 bridgehead atoms. The maximum absolute atomic E-state index is 13.2. The first-order valence-electron chi connectivity index (χ1n) is 6.69. The zero-order chi connectivity index (χ0) is 17.7. The summed E-state index contributed by atoms with van der Waals surface area (Å²) in [6, 6.07) is 1.30. The summed E-state index contributed by atoms with van der Waals surface area (Å²) >= 11 is 0. The van der Waals surface area contributed by atoms with Crippen molar-refractivity contribution < 1.29 is 18.1 Å². The zero-order valence-corrected chi connectivity index (χ0v) is 12.2. The minimum Gasteiger partial charge on any atom is -0.359 e. The second-order valence-corrected chi connectivity index (χ2v) is 4.67. The van der Waals surface area contributed by atoms with Gasteiger partial charge in [-0.25, -0.2) is 15.0 Å². The standard InChI is InChI=1S/C14H12F3N5O2/c1-2-4-11(13-18-5-3-6-19-13)21-12-10(14(15,16)17)7-9(8-20-12)22(23)24/h2-3,5-8,11H,1,4H2,(H,20,21). The summed E-state index contributed by atoms with van der Waals surface area (Å²) in [7, 11) is 0. The maximum Gasteiger partial charge on any atom is 0.420 e. The molecule has 2 heterocycles. The summed E-state index contributed by atoms with van der Waals surface area (Å²) in [5.74, 6) is -0.280. The van der Waals surface area contributed by atoms with Crippen LogP contribution in [0.1, 0.15) is 23.9 Å². The van der Waals surface area contributed by atoms with Crippen LogP contribution in [0.25, 0.3) is 0 Å². The Morgan fingerprint density at radius 1 is 1.33 bits per heavy atom. The minimum atomic E-state index is -4.81. The molecule has 0 aromatic carbocycles. The van der Waals surface area contributed by atoms with Crippen molar-refractivity contribution in [3.8, 4) is 0 Å². The van der Waals surface area contributed by atoms with Crippen molar-refractivity contribution in [1.82, 2.24) is 15.0 Å². The molecule has 0 aliphatic rings. The number of nitrogens with zero attached hydrogens (tertiary/aromatic N) is 4. The summed E-state index contributed by atoms with van der Waals surface area (Å²) in [6.45, 7) is 3.55. The van der Waals surface area contributed by atoms with Gasteiger partial charge in [-0.15, -0.1) is 6.58 Å². The fourth-order valence-corrected chi connectivity index (χ4v) is 1.94. The maximum atomic E-state index is 13.2. The van der Waals surface area contributed by atoms with Crippen LogP contribution in [-0.4, -0.2) is 19.9 Å². The highest BCUT2D eigenvalue weighted by molar-refractivity contribution is 5.51. The molecule has 0 aliphatic heterocycles. The quantitative estimate of drug-likeness (QED) is 0.491. The number of nitro groups is 1. The summed E-state index contributed by atoms with van der Waals surface area (Å²) in [6.07, 6.45) is 0.584. The Kier molecular flexibility index (Phi) is 5.07. The van der Waals surface area contributed by atoms with E-state index in [4.69, 9.17) is 0 Å². The monoisotopic (exact) mass is 339 g/mol. The number of rotatable bonds is 6. The molecule has 10 heteroatoms. The molecule has 0 fully saturated rings. The van der Waals surface area contributed by atoms with Crippen LogP contribution >= 0.6 is 0 Å². The second-order valence-electron chi connectivity index (χ2n) is 4.67. The first-order chi connectivity index (χ1) is 11.3. The largest absolute Gasteiger partial charge is 0.420 e. The first kappa shape index (κ1) is 17.3. The van der Waals surface area contributed by atoms with Crippen molar-refractivity contribution in [2.45, 2.75) is 18.6 Å². The first-order valence-corrected chi connectivity index (χ1v) is 6.69. The topological polar surface area (TPSA) is 93.8 Å². The van der Waals surface area contributed by atoms with Gasteiger partial charge >= 0.3 is 6.18 Å². The molecule has 1 unspecified atom stereocenters. The molecule has 0 aliphatic carbocycles. The highest BCUT2D eigenvalue weighted by Gasteiger charge is 2.37. The molecule has 2 aromatic heterocycles. The van der Waals surface area contributed by atoms with Gasteiger partial charge in [0.2, 0.25) is 0 Å². The van der Waals surface area contributed by atoms with Crippen molar-refractivity contribution >= 4 is 11.5 Å². The van der Waals surface area contributed by atoms with E-state index in [1.165, 1.54) is 18.5 Å². The summed E-state index contributed by atoms with van der Waals surface area (Å²) in [5.41, 5.74) is -1.98. The van der Waals surface area contributed by atoms with E-state index in [1.54, 1.807) is 6.07 Å². The van der Waals surface area contributed by atoms with Gasteiger partial charge in [0.05, 0.1) is 11.0 Å². The molecule has 1 N–H and O–H groups in total. The third-order valence-electron chi connectivity index (χ3n) is 3.00. The Hall–Kier alpha value is -3.04. The second kappa shape index (κ2) is 7.02. The van der Waals surface area contributed by atoms with Gasteiger partial charge in [-0.2, -0.15) is 13.2 Å². The van der Waals surface area contributed by atoms with Crippen LogP contribution in [0.3, 0.4) is 0 Å². The Balaban J connectivity index is 2.42. The van der Waals surface area contributed by atoms with Crippen molar-refractivity contribution in [3.63, 3.8) is 0 Å². The number of hydrogen-bond donors (Lipinski definition) is 1. The van der Waals surface area contributed by atoms with Gasteiger partial charge in [-0.3, -0.25) is 10.1 Å².